The Morgan fingerprint density at radius 3 is 3.10 bits per heavy atom. The normalized spacial score (nSPS) is 47.0. The van der Waals surface area contributed by atoms with Gasteiger partial charge < -0.3 is 14.2 Å². The van der Waals surface area contributed by atoms with Gasteiger partial charge in [0.15, 0.2) is 0 Å². The number of carbonyl (C=O) groups is 1. The summed E-state index contributed by atoms with van der Waals surface area (Å²) in [6.45, 7) is 6.05. The summed E-state index contributed by atoms with van der Waals surface area (Å²) in [4.78, 5) is 11.3. The van der Waals surface area contributed by atoms with Gasteiger partial charge in [-0.2, -0.15) is 0 Å². The summed E-state index contributed by atoms with van der Waals surface area (Å²) < 4.78 is 17.1. The molecule has 20 heavy (non-hydrogen) atoms. The number of hydrogen-bond acceptors (Lipinski definition) is 4. The van der Waals surface area contributed by atoms with Crippen molar-refractivity contribution in [3.8, 4) is 0 Å². The van der Waals surface area contributed by atoms with Crippen molar-refractivity contribution in [3.63, 3.8) is 0 Å². The Balaban J connectivity index is 1.34. The van der Waals surface area contributed by atoms with Crippen LogP contribution in [0.5, 0.6) is 0 Å². The van der Waals surface area contributed by atoms with Crippen LogP contribution >= 0.6 is 0 Å². The van der Waals surface area contributed by atoms with Gasteiger partial charge in [0.1, 0.15) is 6.61 Å². The van der Waals surface area contributed by atoms with Gasteiger partial charge in [-0.15, -0.1) is 0 Å². The maximum absolute atomic E-state index is 11.3. The predicted octanol–water partition coefficient (Wildman–Crippen LogP) is 2.08. The number of fused-ring (bicyclic) bond motifs is 7. The van der Waals surface area contributed by atoms with E-state index in [2.05, 4.69) is 6.58 Å². The minimum Gasteiger partial charge on any atom is -0.460 e. The molecule has 4 fully saturated rings. The summed E-state index contributed by atoms with van der Waals surface area (Å²) in [5, 5.41) is 0. The molecule has 0 radical (unpaired) electrons. The standard InChI is InChI=1S/C16H22O4/c1-9(2)15(17)18-5-6-19-16-4-3-10(8-16)11-7-12-14(20-12)13(11)16/h10-14H,1,3-8H2,2H3. The Kier molecular flexibility index (Phi) is 2.77. The fourth-order valence-electron chi connectivity index (χ4n) is 4.97. The zero-order valence-corrected chi connectivity index (χ0v) is 12.0. The molecule has 6 atom stereocenters. The molecule has 6 unspecified atom stereocenters. The van der Waals surface area contributed by atoms with Gasteiger partial charge in [-0.1, -0.05) is 6.58 Å². The van der Waals surface area contributed by atoms with Crippen molar-refractivity contribution in [3.05, 3.63) is 12.2 Å². The van der Waals surface area contributed by atoms with Crippen molar-refractivity contribution < 1.29 is 19.0 Å². The molecule has 0 amide bonds. The second-order valence-electron chi connectivity index (χ2n) is 6.90. The molecule has 4 heteroatoms. The van der Waals surface area contributed by atoms with E-state index in [4.69, 9.17) is 14.2 Å². The number of ether oxygens (including phenoxy) is 3. The lowest BCUT2D eigenvalue weighted by Gasteiger charge is -2.36. The maximum Gasteiger partial charge on any atom is 0.333 e. The molecule has 0 aromatic rings. The van der Waals surface area contributed by atoms with E-state index >= 15 is 0 Å². The van der Waals surface area contributed by atoms with Crippen LogP contribution in [0.25, 0.3) is 0 Å². The molecule has 0 aromatic heterocycles. The Hall–Kier alpha value is -0.870. The minimum atomic E-state index is -0.328. The summed E-state index contributed by atoms with van der Waals surface area (Å²) in [5.74, 6) is 1.94. The SMILES string of the molecule is C=C(C)C(=O)OCCOC12CCC(C1)C1CC3OC3C12. The van der Waals surface area contributed by atoms with Gasteiger partial charge in [-0.3, -0.25) is 0 Å². The molecule has 3 saturated carbocycles. The molecule has 1 heterocycles. The highest BCUT2D eigenvalue weighted by molar-refractivity contribution is 5.86. The molecular formula is C16H22O4. The molecule has 4 nitrogen and oxygen atoms in total. The third-order valence-corrected chi connectivity index (χ3v) is 5.75. The monoisotopic (exact) mass is 278 g/mol. The third-order valence-electron chi connectivity index (χ3n) is 5.75. The number of carbonyl (C=O) groups excluding carboxylic acids is 1. The lowest BCUT2D eigenvalue weighted by Crippen LogP contribution is -2.41. The highest BCUT2D eigenvalue weighted by Crippen LogP contribution is 2.67. The van der Waals surface area contributed by atoms with Crippen molar-refractivity contribution in [2.75, 3.05) is 13.2 Å². The van der Waals surface area contributed by atoms with Gasteiger partial charge in [-0.05, 0) is 44.4 Å². The van der Waals surface area contributed by atoms with Crippen molar-refractivity contribution in [2.45, 2.75) is 50.4 Å². The molecule has 0 N–H and O–H groups in total. The van der Waals surface area contributed by atoms with Crippen LogP contribution in [-0.2, 0) is 19.0 Å². The van der Waals surface area contributed by atoms with Gasteiger partial charge >= 0.3 is 5.97 Å². The first kappa shape index (κ1) is 12.8. The predicted molar refractivity (Wildman–Crippen MR) is 72.1 cm³/mol. The lowest BCUT2D eigenvalue weighted by molar-refractivity contribution is -0.145. The van der Waals surface area contributed by atoms with Crippen molar-refractivity contribution in [1.82, 2.24) is 0 Å². The summed E-state index contributed by atoms with van der Waals surface area (Å²) >= 11 is 0. The molecule has 1 saturated heterocycles. The van der Waals surface area contributed by atoms with Crippen LogP contribution in [0.4, 0.5) is 0 Å². The first-order valence-corrected chi connectivity index (χ1v) is 7.73. The Morgan fingerprint density at radius 2 is 2.30 bits per heavy atom. The number of esters is 1. The Labute approximate surface area is 119 Å². The smallest absolute Gasteiger partial charge is 0.333 e. The quantitative estimate of drug-likeness (QED) is 0.334. The van der Waals surface area contributed by atoms with Crippen LogP contribution in [0.2, 0.25) is 0 Å². The molecule has 0 spiro atoms. The average molecular weight is 278 g/mol. The van der Waals surface area contributed by atoms with Crippen LogP contribution in [0.15, 0.2) is 12.2 Å². The summed E-state index contributed by atoms with van der Waals surface area (Å²) in [5.41, 5.74) is 0.455. The highest BCUT2D eigenvalue weighted by Gasteiger charge is 2.70. The van der Waals surface area contributed by atoms with E-state index < -0.39 is 0 Å². The fourth-order valence-corrected chi connectivity index (χ4v) is 4.97. The van der Waals surface area contributed by atoms with Gasteiger partial charge in [0.2, 0.25) is 0 Å². The van der Waals surface area contributed by atoms with Crippen molar-refractivity contribution in [2.24, 2.45) is 17.8 Å². The summed E-state index contributed by atoms with van der Waals surface area (Å²) in [6, 6.07) is 0. The van der Waals surface area contributed by atoms with E-state index in [1.54, 1.807) is 6.92 Å². The Bertz CT molecular complexity index is 459. The van der Waals surface area contributed by atoms with E-state index in [-0.39, 0.29) is 11.6 Å². The van der Waals surface area contributed by atoms with Crippen LogP contribution in [-0.4, -0.2) is 37.0 Å². The van der Waals surface area contributed by atoms with Crippen LogP contribution < -0.4 is 0 Å². The van der Waals surface area contributed by atoms with Crippen LogP contribution in [0.1, 0.15) is 32.6 Å². The molecule has 3 aliphatic carbocycles. The van der Waals surface area contributed by atoms with Gasteiger partial charge in [0, 0.05) is 11.5 Å². The van der Waals surface area contributed by atoms with Crippen LogP contribution in [0, 0.1) is 17.8 Å². The fraction of sp³-hybridized carbons (Fsp3) is 0.812. The van der Waals surface area contributed by atoms with Gasteiger partial charge in [0.25, 0.3) is 0 Å². The Morgan fingerprint density at radius 1 is 1.45 bits per heavy atom. The van der Waals surface area contributed by atoms with E-state index in [1.165, 1.54) is 19.3 Å². The molecule has 4 rings (SSSR count). The minimum absolute atomic E-state index is 0.0148. The molecule has 110 valence electrons. The number of hydrogen-bond donors (Lipinski definition) is 0. The van der Waals surface area contributed by atoms with Gasteiger partial charge in [-0.25, -0.2) is 4.79 Å². The molecular weight excluding hydrogens is 256 g/mol. The van der Waals surface area contributed by atoms with Crippen LogP contribution in [0.3, 0.4) is 0 Å². The topological polar surface area (TPSA) is 48.1 Å². The van der Waals surface area contributed by atoms with Crippen molar-refractivity contribution >= 4 is 5.97 Å². The largest absolute Gasteiger partial charge is 0.460 e. The highest BCUT2D eigenvalue weighted by atomic mass is 16.6. The first-order valence-electron chi connectivity index (χ1n) is 7.73. The number of epoxide rings is 1. The number of rotatable bonds is 5. The summed E-state index contributed by atoms with van der Waals surface area (Å²) in [7, 11) is 0. The second kappa shape index (κ2) is 4.31. The molecule has 1 aliphatic heterocycles. The first-order chi connectivity index (χ1) is 9.61. The van der Waals surface area contributed by atoms with Gasteiger partial charge in [0.05, 0.1) is 24.4 Å². The second-order valence-corrected chi connectivity index (χ2v) is 6.90. The van der Waals surface area contributed by atoms with Crippen molar-refractivity contribution in [1.29, 1.82) is 0 Å². The molecule has 0 aromatic carbocycles. The van der Waals surface area contributed by atoms with E-state index in [1.807, 2.05) is 0 Å². The maximum atomic E-state index is 11.3. The molecule has 4 aliphatic rings. The third kappa shape index (κ3) is 1.77. The lowest BCUT2D eigenvalue weighted by atomic mass is 9.78. The average Bonchev–Trinajstić information content (AvgIpc) is 2.83. The van der Waals surface area contributed by atoms with E-state index in [0.29, 0.717) is 36.9 Å². The van der Waals surface area contributed by atoms with E-state index in [0.717, 1.165) is 18.3 Å². The summed E-state index contributed by atoms with van der Waals surface area (Å²) in [6.07, 6.45) is 5.86. The zero-order chi connectivity index (χ0) is 13.9. The van der Waals surface area contributed by atoms with E-state index in [9.17, 15) is 4.79 Å². The zero-order valence-electron chi connectivity index (χ0n) is 12.0. The molecule has 2 bridgehead atoms.